The summed E-state index contributed by atoms with van der Waals surface area (Å²) in [5.74, 6) is 0.833. The molecule has 1 aromatic rings. The Morgan fingerprint density at radius 2 is 2.31 bits per heavy atom. The number of ether oxygens (including phenoxy) is 1. The van der Waals surface area contributed by atoms with Gasteiger partial charge in [-0.1, -0.05) is 28.1 Å². The minimum atomic E-state index is 0.0502. The number of hydrogen-bond donors (Lipinski definition) is 1. The van der Waals surface area contributed by atoms with Crippen LogP contribution in [0.3, 0.4) is 0 Å². The Bertz CT molecular complexity index is 342. The topological polar surface area (TPSA) is 38.3 Å². The predicted octanol–water partition coefficient (Wildman–Crippen LogP) is 2.14. The van der Waals surface area contributed by atoms with Crippen LogP contribution in [0.1, 0.15) is 12.0 Å². The van der Waals surface area contributed by atoms with Gasteiger partial charge < -0.3 is 10.1 Å². The first-order valence-electron chi connectivity index (χ1n) is 5.22. The second-order valence-electron chi connectivity index (χ2n) is 3.42. The average Bonchev–Trinajstić information content (AvgIpc) is 2.29. The molecule has 0 aromatic heterocycles. The minimum Gasteiger partial charge on any atom is -0.497 e. The lowest BCUT2D eigenvalue weighted by Crippen LogP contribution is -2.26. The smallest absolute Gasteiger partial charge is 0.224 e. The van der Waals surface area contributed by atoms with Gasteiger partial charge in [-0.15, -0.1) is 0 Å². The third-order valence-electron chi connectivity index (χ3n) is 2.13. The summed E-state index contributed by atoms with van der Waals surface area (Å²) in [5.41, 5.74) is 0.968. The fourth-order valence-electron chi connectivity index (χ4n) is 1.32. The van der Waals surface area contributed by atoms with Crippen molar-refractivity contribution in [3.05, 3.63) is 29.8 Å². The number of hydrogen-bond acceptors (Lipinski definition) is 2. The van der Waals surface area contributed by atoms with Crippen molar-refractivity contribution in [2.24, 2.45) is 0 Å². The maximum Gasteiger partial charge on any atom is 0.224 e. The Morgan fingerprint density at radius 3 is 3.00 bits per heavy atom. The summed E-state index contributed by atoms with van der Waals surface area (Å²) in [5, 5.41) is 3.77. The molecule has 4 heteroatoms. The van der Waals surface area contributed by atoms with Gasteiger partial charge in [-0.2, -0.15) is 0 Å². The normalized spacial score (nSPS) is 9.88. The molecular formula is C12H16BrNO2. The quantitative estimate of drug-likeness (QED) is 0.642. The highest BCUT2D eigenvalue weighted by molar-refractivity contribution is 9.09. The fourth-order valence-corrected chi connectivity index (χ4v) is 1.61. The van der Waals surface area contributed by atoms with Crippen molar-refractivity contribution < 1.29 is 9.53 Å². The van der Waals surface area contributed by atoms with E-state index >= 15 is 0 Å². The Kier molecular flexibility index (Phi) is 5.93. The number of carbonyl (C=O) groups is 1. The zero-order chi connectivity index (χ0) is 11.8. The van der Waals surface area contributed by atoms with Crippen molar-refractivity contribution in [3.8, 4) is 5.75 Å². The molecule has 0 atom stereocenters. The Labute approximate surface area is 104 Å². The molecule has 0 aliphatic carbocycles. The summed E-state index contributed by atoms with van der Waals surface area (Å²) in [6.45, 7) is 0.716. The van der Waals surface area contributed by atoms with Gasteiger partial charge in [0.25, 0.3) is 0 Å². The number of nitrogens with one attached hydrogen (secondary N) is 1. The summed E-state index contributed by atoms with van der Waals surface area (Å²) in [7, 11) is 1.62. The highest BCUT2D eigenvalue weighted by atomic mass is 79.9. The number of benzene rings is 1. The lowest BCUT2D eigenvalue weighted by atomic mass is 10.1. The molecule has 0 fully saturated rings. The predicted molar refractivity (Wildman–Crippen MR) is 68.1 cm³/mol. The van der Waals surface area contributed by atoms with Gasteiger partial charge >= 0.3 is 0 Å². The Morgan fingerprint density at radius 1 is 1.50 bits per heavy atom. The van der Waals surface area contributed by atoms with Gasteiger partial charge in [0.05, 0.1) is 13.5 Å². The molecule has 0 heterocycles. The van der Waals surface area contributed by atoms with E-state index in [1.807, 2.05) is 24.3 Å². The average molecular weight is 286 g/mol. The fraction of sp³-hybridized carbons (Fsp3) is 0.417. The summed E-state index contributed by atoms with van der Waals surface area (Å²) in [6, 6.07) is 7.56. The van der Waals surface area contributed by atoms with Gasteiger partial charge in [-0.05, 0) is 24.1 Å². The zero-order valence-corrected chi connectivity index (χ0v) is 10.9. The Balaban J connectivity index is 2.43. The summed E-state index contributed by atoms with van der Waals surface area (Å²) >= 11 is 3.32. The number of amides is 1. The van der Waals surface area contributed by atoms with E-state index in [4.69, 9.17) is 4.74 Å². The van der Waals surface area contributed by atoms with Crippen LogP contribution >= 0.6 is 15.9 Å². The maximum atomic E-state index is 11.5. The number of alkyl halides is 1. The molecule has 0 unspecified atom stereocenters. The number of rotatable bonds is 6. The van der Waals surface area contributed by atoms with Crippen LogP contribution in [-0.4, -0.2) is 24.9 Å². The van der Waals surface area contributed by atoms with Gasteiger partial charge in [0.2, 0.25) is 5.91 Å². The third kappa shape index (κ3) is 4.66. The highest BCUT2D eigenvalue weighted by Gasteiger charge is 2.03. The molecule has 0 aliphatic heterocycles. The lowest BCUT2D eigenvalue weighted by Gasteiger charge is -2.05. The van der Waals surface area contributed by atoms with Crippen LogP contribution < -0.4 is 10.1 Å². The van der Waals surface area contributed by atoms with E-state index in [1.54, 1.807) is 7.11 Å². The van der Waals surface area contributed by atoms with Crippen LogP contribution in [0.25, 0.3) is 0 Å². The van der Waals surface area contributed by atoms with E-state index in [9.17, 15) is 4.79 Å². The second-order valence-corrected chi connectivity index (χ2v) is 4.21. The molecule has 0 saturated carbocycles. The molecule has 0 radical (unpaired) electrons. The first kappa shape index (κ1) is 13.0. The van der Waals surface area contributed by atoms with Gasteiger partial charge in [0.1, 0.15) is 5.75 Å². The first-order valence-corrected chi connectivity index (χ1v) is 6.34. The highest BCUT2D eigenvalue weighted by Crippen LogP contribution is 2.12. The van der Waals surface area contributed by atoms with Crippen LogP contribution in [0, 0.1) is 0 Å². The summed E-state index contributed by atoms with van der Waals surface area (Å²) < 4.78 is 5.10. The molecule has 0 spiro atoms. The molecule has 1 rings (SSSR count). The van der Waals surface area contributed by atoms with E-state index in [0.717, 1.165) is 23.1 Å². The van der Waals surface area contributed by atoms with Gasteiger partial charge in [-0.3, -0.25) is 4.79 Å². The molecule has 0 saturated heterocycles. The van der Waals surface area contributed by atoms with E-state index in [1.165, 1.54) is 0 Å². The van der Waals surface area contributed by atoms with Crippen molar-refractivity contribution in [2.45, 2.75) is 12.8 Å². The van der Waals surface area contributed by atoms with E-state index in [-0.39, 0.29) is 5.91 Å². The van der Waals surface area contributed by atoms with Gasteiger partial charge in [0.15, 0.2) is 0 Å². The zero-order valence-electron chi connectivity index (χ0n) is 9.33. The van der Waals surface area contributed by atoms with E-state index < -0.39 is 0 Å². The maximum absolute atomic E-state index is 11.5. The van der Waals surface area contributed by atoms with Crippen molar-refractivity contribution in [1.82, 2.24) is 5.32 Å². The molecule has 0 bridgehead atoms. The van der Waals surface area contributed by atoms with Crippen LogP contribution in [0.15, 0.2) is 24.3 Å². The third-order valence-corrected chi connectivity index (χ3v) is 2.69. The first-order chi connectivity index (χ1) is 7.76. The minimum absolute atomic E-state index is 0.0502. The summed E-state index contributed by atoms with van der Waals surface area (Å²) in [4.78, 5) is 11.5. The van der Waals surface area contributed by atoms with Crippen LogP contribution in [-0.2, 0) is 11.2 Å². The molecule has 3 nitrogen and oxygen atoms in total. The van der Waals surface area contributed by atoms with Gasteiger partial charge in [-0.25, -0.2) is 0 Å². The molecule has 0 aliphatic rings. The monoisotopic (exact) mass is 285 g/mol. The van der Waals surface area contributed by atoms with Crippen molar-refractivity contribution in [3.63, 3.8) is 0 Å². The SMILES string of the molecule is COc1cccc(CC(=O)NCCCBr)c1. The summed E-state index contributed by atoms with van der Waals surface area (Å²) in [6.07, 6.45) is 1.35. The van der Waals surface area contributed by atoms with Gasteiger partial charge in [0, 0.05) is 11.9 Å². The second kappa shape index (κ2) is 7.28. The number of methoxy groups -OCH3 is 1. The van der Waals surface area contributed by atoms with Crippen LogP contribution in [0.2, 0.25) is 0 Å². The van der Waals surface area contributed by atoms with Crippen molar-refractivity contribution >= 4 is 21.8 Å². The Hall–Kier alpha value is -1.03. The lowest BCUT2D eigenvalue weighted by molar-refractivity contribution is -0.120. The number of halogens is 1. The molecule has 1 N–H and O–H groups in total. The molecule has 16 heavy (non-hydrogen) atoms. The molecular weight excluding hydrogens is 270 g/mol. The largest absolute Gasteiger partial charge is 0.497 e. The standard InChI is InChI=1S/C12H16BrNO2/c1-16-11-5-2-4-10(8-11)9-12(15)14-7-3-6-13/h2,4-5,8H,3,6-7,9H2,1H3,(H,14,15). The van der Waals surface area contributed by atoms with E-state index in [0.29, 0.717) is 13.0 Å². The van der Waals surface area contributed by atoms with Crippen molar-refractivity contribution in [2.75, 3.05) is 19.0 Å². The van der Waals surface area contributed by atoms with E-state index in [2.05, 4.69) is 21.2 Å². The van der Waals surface area contributed by atoms with Crippen LogP contribution in [0.5, 0.6) is 5.75 Å². The molecule has 1 amide bonds. The van der Waals surface area contributed by atoms with Crippen LogP contribution in [0.4, 0.5) is 0 Å². The molecule has 88 valence electrons. The number of carbonyl (C=O) groups excluding carboxylic acids is 1. The van der Waals surface area contributed by atoms with Crippen molar-refractivity contribution in [1.29, 1.82) is 0 Å². The molecule has 1 aromatic carbocycles.